The summed E-state index contributed by atoms with van der Waals surface area (Å²) in [5.74, 6) is 0.0506. The molecule has 0 atom stereocenters. The average molecular weight is 295 g/mol. The lowest BCUT2D eigenvalue weighted by Crippen LogP contribution is -2.15. The Balaban J connectivity index is 1.93. The van der Waals surface area contributed by atoms with E-state index in [2.05, 4.69) is 15.3 Å². The molecule has 0 aliphatic rings. The number of rotatable bonds is 4. The monoisotopic (exact) mass is 294 g/mol. The van der Waals surface area contributed by atoms with Crippen molar-refractivity contribution in [3.05, 3.63) is 41.8 Å². The summed E-state index contributed by atoms with van der Waals surface area (Å²) >= 11 is 7.14. The number of aromatic nitrogens is 2. The molecule has 2 rings (SSSR count). The zero-order valence-corrected chi connectivity index (χ0v) is 11.4. The van der Waals surface area contributed by atoms with Crippen molar-refractivity contribution in [1.82, 2.24) is 9.97 Å². The van der Waals surface area contributed by atoms with Crippen molar-refractivity contribution >= 4 is 40.6 Å². The molecule has 7 heteroatoms. The Bertz CT molecular complexity index is 579. The molecule has 1 aromatic carbocycles. The molecule has 0 unspecified atom stereocenters. The number of nitrogen functional groups attached to an aromatic ring is 1. The number of hydrogen-bond donors (Lipinski definition) is 2. The summed E-state index contributed by atoms with van der Waals surface area (Å²) in [6.07, 6.45) is 4.76. The van der Waals surface area contributed by atoms with Gasteiger partial charge in [-0.2, -0.15) is 0 Å². The van der Waals surface area contributed by atoms with Gasteiger partial charge in [-0.3, -0.25) is 9.78 Å². The third-order valence-electron chi connectivity index (χ3n) is 2.18. The topological polar surface area (TPSA) is 80.9 Å². The van der Waals surface area contributed by atoms with Gasteiger partial charge in [0.2, 0.25) is 5.91 Å². The fraction of sp³-hybridized carbons (Fsp3) is 0.0833. The van der Waals surface area contributed by atoms with Crippen molar-refractivity contribution in [2.45, 2.75) is 5.03 Å². The predicted octanol–water partition coefficient (Wildman–Crippen LogP) is 2.44. The largest absolute Gasteiger partial charge is 0.397 e. The molecule has 0 saturated heterocycles. The van der Waals surface area contributed by atoms with Gasteiger partial charge in [0.1, 0.15) is 5.03 Å². The number of carbonyl (C=O) groups excluding carboxylic acids is 1. The average Bonchev–Trinajstić information content (AvgIpc) is 2.42. The van der Waals surface area contributed by atoms with E-state index in [1.54, 1.807) is 36.8 Å². The molecule has 0 aliphatic carbocycles. The van der Waals surface area contributed by atoms with Crippen LogP contribution in [0.4, 0.5) is 11.4 Å². The van der Waals surface area contributed by atoms with E-state index in [1.165, 1.54) is 11.8 Å². The van der Waals surface area contributed by atoms with Gasteiger partial charge in [-0.15, -0.1) is 0 Å². The highest BCUT2D eigenvalue weighted by Gasteiger charge is 2.07. The number of thioether (sulfide) groups is 1. The van der Waals surface area contributed by atoms with Crippen LogP contribution >= 0.6 is 23.4 Å². The van der Waals surface area contributed by atoms with Crippen LogP contribution in [0.2, 0.25) is 5.02 Å². The summed E-state index contributed by atoms with van der Waals surface area (Å²) in [6, 6.07) is 4.93. The van der Waals surface area contributed by atoms with Gasteiger partial charge in [-0.25, -0.2) is 4.98 Å². The smallest absolute Gasteiger partial charge is 0.234 e. The number of nitrogens with one attached hydrogen (secondary N) is 1. The van der Waals surface area contributed by atoms with Crippen LogP contribution in [0.5, 0.6) is 0 Å². The fourth-order valence-electron chi connectivity index (χ4n) is 1.32. The van der Waals surface area contributed by atoms with E-state index in [9.17, 15) is 4.79 Å². The summed E-state index contributed by atoms with van der Waals surface area (Å²) in [5, 5.41) is 3.91. The molecular formula is C12H11ClN4OS. The fourth-order valence-corrected chi connectivity index (χ4v) is 2.12. The van der Waals surface area contributed by atoms with Gasteiger partial charge in [0.15, 0.2) is 0 Å². The van der Waals surface area contributed by atoms with E-state index in [1.807, 2.05) is 0 Å². The van der Waals surface area contributed by atoms with Crippen molar-refractivity contribution in [3.8, 4) is 0 Å². The molecule has 5 nitrogen and oxygen atoms in total. The summed E-state index contributed by atoms with van der Waals surface area (Å²) in [7, 11) is 0. The van der Waals surface area contributed by atoms with Gasteiger partial charge >= 0.3 is 0 Å². The second kappa shape index (κ2) is 6.40. The maximum absolute atomic E-state index is 11.8. The van der Waals surface area contributed by atoms with Gasteiger partial charge in [0.25, 0.3) is 0 Å². The van der Waals surface area contributed by atoms with Crippen molar-refractivity contribution < 1.29 is 4.79 Å². The minimum atomic E-state index is -0.176. The first-order valence-corrected chi connectivity index (χ1v) is 6.75. The summed E-state index contributed by atoms with van der Waals surface area (Å²) in [4.78, 5) is 19.8. The number of amides is 1. The Morgan fingerprint density at radius 1 is 1.42 bits per heavy atom. The lowest BCUT2D eigenvalue weighted by atomic mass is 10.2. The number of halogens is 1. The maximum atomic E-state index is 11.8. The highest BCUT2D eigenvalue weighted by molar-refractivity contribution is 7.99. The van der Waals surface area contributed by atoms with Gasteiger partial charge < -0.3 is 11.1 Å². The van der Waals surface area contributed by atoms with Crippen LogP contribution in [0.1, 0.15) is 0 Å². The third kappa shape index (κ3) is 4.11. The van der Waals surface area contributed by atoms with Crippen LogP contribution < -0.4 is 11.1 Å². The van der Waals surface area contributed by atoms with Gasteiger partial charge in [0, 0.05) is 17.4 Å². The van der Waals surface area contributed by atoms with Gasteiger partial charge in [0.05, 0.1) is 23.3 Å². The SMILES string of the molecule is Nc1ccc(Cl)cc1NC(=O)CSc1cnccn1. The van der Waals surface area contributed by atoms with Crippen molar-refractivity contribution in [3.63, 3.8) is 0 Å². The molecule has 1 heterocycles. The molecular weight excluding hydrogens is 284 g/mol. The third-order valence-corrected chi connectivity index (χ3v) is 3.33. The first-order valence-electron chi connectivity index (χ1n) is 5.39. The van der Waals surface area contributed by atoms with Crippen LogP contribution in [0, 0.1) is 0 Å². The van der Waals surface area contributed by atoms with E-state index in [0.29, 0.717) is 21.4 Å². The number of benzene rings is 1. The molecule has 1 amide bonds. The minimum absolute atomic E-state index is 0.176. The van der Waals surface area contributed by atoms with Gasteiger partial charge in [-0.1, -0.05) is 23.4 Å². The predicted molar refractivity (Wildman–Crippen MR) is 77.3 cm³/mol. The molecule has 0 spiro atoms. The molecule has 0 aliphatic heterocycles. The van der Waals surface area contributed by atoms with Crippen LogP contribution in [0.15, 0.2) is 41.8 Å². The van der Waals surface area contributed by atoms with Crippen LogP contribution in [0.25, 0.3) is 0 Å². The number of anilines is 2. The molecule has 1 aromatic heterocycles. The lowest BCUT2D eigenvalue weighted by molar-refractivity contribution is -0.113. The molecule has 0 bridgehead atoms. The first-order chi connectivity index (χ1) is 9.15. The van der Waals surface area contributed by atoms with E-state index < -0.39 is 0 Å². The summed E-state index contributed by atoms with van der Waals surface area (Å²) < 4.78 is 0. The molecule has 0 radical (unpaired) electrons. The quantitative estimate of drug-likeness (QED) is 0.669. The van der Waals surface area contributed by atoms with Crippen LogP contribution in [-0.2, 0) is 4.79 Å². The van der Waals surface area contributed by atoms with E-state index in [4.69, 9.17) is 17.3 Å². The number of carbonyl (C=O) groups is 1. The van der Waals surface area contributed by atoms with Crippen molar-refractivity contribution in [2.24, 2.45) is 0 Å². The zero-order chi connectivity index (χ0) is 13.7. The number of nitrogens with two attached hydrogens (primary N) is 1. The molecule has 0 saturated carbocycles. The standard InChI is InChI=1S/C12H11ClN4OS/c13-8-1-2-9(14)10(5-8)17-11(18)7-19-12-6-15-3-4-16-12/h1-6H,7,14H2,(H,17,18). The Hall–Kier alpha value is -1.79. The lowest BCUT2D eigenvalue weighted by Gasteiger charge is -2.08. The minimum Gasteiger partial charge on any atom is -0.397 e. The van der Waals surface area contributed by atoms with Crippen molar-refractivity contribution in [1.29, 1.82) is 0 Å². The zero-order valence-electron chi connectivity index (χ0n) is 9.84. The molecule has 3 N–H and O–H groups in total. The summed E-state index contributed by atoms with van der Waals surface area (Å²) in [5.41, 5.74) is 6.73. The Kier molecular flexibility index (Phi) is 4.59. The Morgan fingerprint density at radius 2 is 2.26 bits per heavy atom. The van der Waals surface area contributed by atoms with E-state index in [-0.39, 0.29) is 11.7 Å². The summed E-state index contributed by atoms with van der Waals surface area (Å²) in [6.45, 7) is 0. The van der Waals surface area contributed by atoms with Gasteiger partial charge in [-0.05, 0) is 18.2 Å². The Labute approximate surface area is 119 Å². The van der Waals surface area contributed by atoms with Crippen LogP contribution in [-0.4, -0.2) is 21.6 Å². The normalized spacial score (nSPS) is 10.2. The molecule has 2 aromatic rings. The highest BCUT2D eigenvalue weighted by Crippen LogP contribution is 2.23. The maximum Gasteiger partial charge on any atom is 0.234 e. The second-order valence-electron chi connectivity index (χ2n) is 3.61. The second-order valence-corrected chi connectivity index (χ2v) is 5.04. The molecule has 98 valence electrons. The Morgan fingerprint density at radius 3 is 3.00 bits per heavy atom. The van der Waals surface area contributed by atoms with Crippen LogP contribution in [0.3, 0.4) is 0 Å². The molecule has 0 fully saturated rings. The molecule has 19 heavy (non-hydrogen) atoms. The van der Waals surface area contributed by atoms with E-state index in [0.717, 1.165) is 0 Å². The highest BCUT2D eigenvalue weighted by atomic mass is 35.5. The van der Waals surface area contributed by atoms with Crippen molar-refractivity contribution in [2.75, 3.05) is 16.8 Å². The first kappa shape index (κ1) is 13.6. The number of nitrogens with zero attached hydrogens (tertiary/aromatic N) is 2. The van der Waals surface area contributed by atoms with E-state index >= 15 is 0 Å². The number of hydrogen-bond acceptors (Lipinski definition) is 5.